The molecular formula is C27H31N5O3S. The van der Waals surface area contributed by atoms with Gasteiger partial charge in [0.1, 0.15) is 28.5 Å². The Hall–Kier alpha value is -3.69. The van der Waals surface area contributed by atoms with Crippen LogP contribution < -0.4 is 20.1 Å². The highest BCUT2D eigenvalue weighted by Crippen LogP contribution is 2.45. The summed E-state index contributed by atoms with van der Waals surface area (Å²) in [5, 5.41) is 7.36. The summed E-state index contributed by atoms with van der Waals surface area (Å²) >= 11 is 1.52. The van der Waals surface area contributed by atoms with Gasteiger partial charge in [-0.1, -0.05) is 30.3 Å². The van der Waals surface area contributed by atoms with E-state index in [0.29, 0.717) is 23.6 Å². The Kier molecular flexibility index (Phi) is 8.02. The van der Waals surface area contributed by atoms with Gasteiger partial charge in [-0.3, -0.25) is 4.79 Å². The molecule has 4 aromatic rings. The van der Waals surface area contributed by atoms with Crippen molar-refractivity contribution >= 4 is 33.3 Å². The summed E-state index contributed by atoms with van der Waals surface area (Å²) in [6.07, 6.45) is 1.57. The van der Waals surface area contributed by atoms with E-state index in [1.807, 2.05) is 43.3 Å². The third kappa shape index (κ3) is 5.58. The number of carbonyl (C=O) groups excluding carboxylic acids is 1. The standard InChI is InChI=1S/C27H31N5O3S/c1-17(18-9-7-6-8-10-18)31-25-20-15-23(36-27(20)30-16-29-25)24-21(34-4)13-19(14-22(24)35-5)26(33)28-11-12-32(2)3/h6-10,13-17H,11-12H2,1-5H3,(H,28,33)(H,29,30,31)/t17-/m1/s1. The number of anilines is 1. The monoisotopic (exact) mass is 505 g/mol. The van der Waals surface area contributed by atoms with Crippen LogP contribution in [-0.4, -0.2) is 62.2 Å². The number of aromatic nitrogens is 2. The fourth-order valence-electron chi connectivity index (χ4n) is 3.90. The van der Waals surface area contributed by atoms with E-state index in [2.05, 4.69) is 39.7 Å². The fourth-order valence-corrected chi connectivity index (χ4v) is 4.96. The van der Waals surface area contributed by atoms with Crippen molar-refractivity contribution in [1.29, 1.82) is 0 Å². The largest absolute Gasteiger partial charge is 0.496 e. The van der Waals surface area contributed by atoms with Crippen LogP contribution in [-0.2, 0) is 0 Å². The van der Waals surface area contributed by atoms with Gasteiger partial charge in [-0.05, 0) is 44.8 Å². The number of fused-ring (bicyclic) bond motifs is 1. The zero-order chi connectivity index (χ0) is 25.7. The van der Waals surface area contributed by atoms with Gasteiger partial charge in [0.05, 0.1) is 25.2 Å². The van der Waals surface area contributed by atoms with Crippen LogP contribution in [0.4, 0.5) is 5.82 Å². The molecule has 9 heteroatoms. The molecule has 188 valence electrons. The molecule has 2 aromatic carbocycles. The fraction of sp³-hybridized carbons (Fsp3) is 0.296. The van der Waals surface area contributed by atoms with Crippen LogP contribution in [0.5, 0.6) is 11.5 Å². The first kappa shape index (κ1) is 25.4. The van der Waals surface area contributed by atoms with E-state index in [-0.39, 0.29) is 11.9 Å². The van der Waals surface area contributed by atoms with Crippen LogP contribution in [0, 0.1) is 0 Å². The minimum atomic E-state index is -0.177. The number of hydrogen-bond donors (Lipinski definition) is 2. The molecule has 0 radical (unpaired) electrons. The number of nitrogens with zero attached hydrogens (tertiary/aromatic N) is 3. The van der Waals surface area contributed by atoms with Crippen molar-refractivity contribution in [1.82, 2.24) is 20.2 Å². The van der Waals surface area contributed by atoms with Crippen molar-refractivity contribution in [2.24, 2.45) is 0 Å². The molecule has 1 amide bonds. The first-order valence-electron chi connectivity index (χ1n) is 11.7. The van der Waals surface area contributed by atoms with Gasteiger partial charge < -0.3 is 25.0 Å². The summed E-state index contributed by atoms with van der Waals surface area (Å²) in [5.41, 5.74) is 2.42. The molecule has 0 spiro atoms. The van der Waals surface area contributed by atoms with Gasteiger partial charge in [-0.15, -0.1) is 11.3 Å². The average Bonchev–Trinajstić information content (AvgIpc) is 3.33. The number of ether oxygens (including phenoxy) is 2. The molecule has 0 unspecified atom stereocenters. The minimum absolute atomic E-state index is 0.0713. The molecule has 2 aromatic heterocycles. The first-order chi connectivity index (χ1) is 17.4. The molecule has 0 aliphatic carbocycles. The number of likely N-dealkylation sites (N-methyl/N-ethyl adjacent to an activating group) is 1. The maximum Gasteiger partial charge on any atom is 0.251 e. The molecule has 2 N–H and O–H groups in total. The van der Waals surface area contributed by atoms with Crippen LogP contribution >= 0.6 is 11.3 Å². The molecule has 2 heterocycles. The summed E-state index contributed by atoms with van der Waals surface area (Å²) in [7, 11) is 7.11. The van der Waals surface area contributed by atoms with E-state index in [4.69, 9.17) is 9.47 Å². The van der Waals surface area contributed by atoms with E-state index in [1.54, 1.807) is 32.7 Å². The number of rotatable bonds is 10. The van der Waals surface area contributed by atoms with Crippen molar-refractivity contribution in [3.63, 3.8) is 0 Å². The molecule has 0 fully saturated rings. The Morgan fingerprint density at radius 2 is 1.75 bits per heavy atom. The number of thiophene rings is 1. The van der Waals surface area contributed by atoms with Gasteiger partial charge in [0.25, 0.3) is 5.91 Å². The number of hydrogen-bond acceptors (Lipinski definition) is 8. The Morgan fingerprint density at radius 3 is 2.39 bits per heavy atom. The highest BCUT2D eigenvalue weighted by Gasteiger charge is 2.21. The Morgan fingerprint density at radius 1 is 1.06 bits per heavy atom. The molecule has 0 saturated carbocycles. The third-order valence-corrected chi connectivity index (χ3v) is 6.90. The Balaban J connectivity index is 1.68. The lowest BCUT2D eigenvalue weighted by atomic mass is 10.1. The summed E-state index contributed by atoms with van der Waals surface area (Å²) in [5.74, 6) is 1.69. The lowest BCUT2D eigenvalue weighted by Crippen LogP contribution is -2.31. The van der Waals surface area contributed by atoms with Crippen molar-refractivity contribution in [2.45, 2.75) is 13.0 Å². The molecule has 0 aliphatic heterocycles. The quantitative estimate of drug-likeness (QED) is 0.319. The number of methoxy groups -OCH3 is 2. The molecule has 0 bridgehead atoms. The molecule has 36 heavy (non-hydrogen) atoms. The Bertz CT molecular complexity index is 1320. The zero-order valence-electron chi connectivity index (χ0n) is 21.2. The van der Waals surface area contributed by atoms with Crippen LogP contribution in [0.3, 0.4) is 0 Å². The van der Waals surface area contributed by atoms with Gasteiger partial charge in [0.2, 0.25) is 0 Å². The van der Waals surface area contributed by atoms with Gasteiger partial charge >= 0.3 is 0 Å². The second-order valence-corrected chi connectivity index (χ2v) is 9.67. The second kappa shape index (κ2) is 11.4. The van der Waals surface area contributed by atoms with Gasteiger partial charge in [-0.2, -0.15) is 0 Å². The molecule has 0 aliphatic rings. The van der Waals surface area contributed by atoms with Crippen molar-refractivity contribution < 1.29 is 14.3 Å². The smallest absolute Gasteiger partial charge is 0.251 e. The lowest BCUT2D eigenvalue weighted by molar-refractivity contribution is 0.0950. The summed E-state index contributed by atoms with van der Waals surface area (Å²) in [4.78, 5) is 25.5. The topological polar surface area (TPSA) is 88.6 Å². The maximum atomic E-state index is 12.8. The summed E-state index contributed by atoms with van der Waals surface area (Å²) < 4.78 is 11.4. The average molecular weight is 506 g/mol. The molecule has 8 nitrogen and oxygen atoms in total. The van der Waals surface area contributed by atoms with E-state index in [1.165, 1.54) is 16.9 Å². The summed E-state index contributed by atoms with van der Waals surface area (Å²) in [6, 6.07) is 15.8. The predicted molar refractivity (Wildman–Crippen MR) is 145 cm³/mol. The van der Waals surface area contributed by atoms with E-state index >= 15 is 0 Å². The normalized spacial score (nSPS) is 11.9. The Labute approximate surface area is 215 Å². The lowest BCUT2D eigenvalue weighted by Gasteiger charge is -2.15. The molecule has 1 atom stereocenters. The maximum absolute atomic E-state index is 12.8. The van der Waals surface area contributed by atoms with E-state index in [0.717, 1.165) is 33.0 Å². The van der Waals surface area contributed by atoms with Crippen LogP contribution in [0.15, 0.2) is 54.9 Å². The van der Waals surface area contributed by atoms with Crippen LogP contribution in [0.2, 0.25) is 0 Å². The van der Waals surface area contributed by atoms with Crippen molar-refractivity contribution in [3.05, 3.63) is 66.0 Å². The first-order valence-corrected chi connectivity index (χ1v) is 12.5. The predicted octanol–water partition coefficient (Wildman–Crippen LogP) is 4.84. The van der Waals surface area contributed by atoms with Gasteiger partial charge in [0.15, 0.2) is 0 Å². The van der Waals surface area contributed by atoms with Gasteiger partial charge in [-0.25, -0.2) is 9.97 Å². The SMILES string of the molecule is COc1cc(C(=O)NCCN(C)C)cc(OC)c1-c1cc2c(N[C@H](C)c3ccccc3)ncnc2s1. The highest BCUT2D eigenvalue weighted by atomic mass is 32.1. The minimum Gasteiger partial charge on any atom is -0.496 e. The number of carbonyl (C=O) groups is 1. The number of benzene rings is 2. The van der Waals surface area contributed by atoms with E-state index < -0.39 is 0 Å². The molecular weight excluding hydrogens is 474 g/mol. The zero-order valence-corrected chi connectivity index (χ0v) is 22.0. The van der Waals surface area contributed by atoms with Gasteiger partial charge in [0, 0.05) is 29.6 Å². The molecule has 4 rings (SSSR count). The molecule has 0 saturated heterocycles. The van der Waals surface area contributed by atoms with Crippen LogP contribution in [0.1, 0.15) is 28.9 Å². The van der Waals surface area contributed by atoms with E-state index in [9.17, 15) is 4.79 Å². The summed E-state index contributed by atoms with van der Waals surface area (Å²) in [6.45, 7) is 3.40. The number of nitrogens with one attached hydrogen (secondary N) is 2. The second-order valence-electron chi connectivity index (χ2n) is 8.64. The third-order valence-electron chi connectivity index (χ3n) is 5.84. The highest BCUT2D eigenvalue weighted by molar-refractivity contribution is 7.22. The van der Waals surface area contributed by atoms with Crippen LogP contribution in [0.25, 0.3) is 20.7 Å². The number of amides is 1. The van der Waals surface area contributed by atoms with Crippen molar-refractivity contribution in [3.8, 4) is 21.9 Å². The van der Waals surface area contributed by atoms with Crippen molar-refractivity contribution in [2.75, 3.05) is 46.7 Å².